The van der Waals surface area contributed by atoms with Crippen LogP contribution in [0.3, 0.4) is 0 Å². The quantitative estimate of drug-likeness (QED) is 0.752. The van der Waals surface area contributed by atoms with Crippen molar-refractivity contribution in [1.82, 2.24) is 0 Å². The smallest absolute Gasteiger partial charge is 0.222 e. The molecular weight excluding hydrogens is 348 g/mol. The first-order valence-corrected chi connectivity index (χ1v) is 9.86. The lowest BCUT2D eigenvalue weighted by Crippen LogP contribution is -2.15. The first-order valence-electron chi connectivity index (χ1n) is 9.86. The summed E-state index contributed by atoms with van der Waals surface area (Å²) in [5, 5.41) is 0. The van der Waals surface area contributed by atoms with Crippen LogP contribution < -0.4 is 0 Å². The van der Waals surface area contributed by atoms with E-state index in [-0.39, 0.29) is 12.1 Å². The molecule has 2 heterocycles. The molecule has 144 valence electrons. The van der Waals surface area contributed by atoms with Gasteiger partial charge in [-0.3, -0.25) is 0 Å². The van der Waals surface area contributed by atoms with E-state index >= 15 is 0 Å². The van der Waals surface area contributed by atoms with Crippen molar-refractivity contribution in [1.29, 1.82) is 0 Å². The summed E-state index contributed by atoms with van der Waals surface area (Å²) in [6.45, 7) is 5.31. The van der Waals surface area contributed by atoms with E-state index in [1.165, 1.54) is 11.1 Å². The molecule has 0 fully saturated rings. The highest BCUT2D eigenvalue weighted by Crippen LogP contribution is 2.23. The van der Waals surface area contributed by atoms with Crippen molar-refractivity contribution < 1.29 is 9.47 Å². The van der Waals surface area contributed by atoms with Crippen molar-refractivity contribution in [3.8, 4) is 0 Å². The molecule has 4 nitrogen and oxygen atoms in total. The standard InChI is InChI=1S/C24H26N2O2/c1-17(2)22(23-25-20(15-27-23)13-18-9-5-3-6-10-18)24-26-21(16-28-24)14-19-11-7-4-8-12-19/h3-12,20-21H,13-16H2,1-2H3/t20-,21-/m0/s1. The monoisotopic (exact) mass is 374 g/mol. The molecular formula is C24H26N2O2. The number of hydrogen-bond acceptors (Lipinski definition) is 4. The molecule has 2 atom stereocenters. The molecule has 0 spiro atoms. The maximum atomic E-state index is 5.96. The summed E-state index contributed by atoms with van der Waals surface area (Å²) in [5.41, 5.74) is 4.57. The van der Waals surface area contributed by atoms with Crippen molar-refractivity contribution in [3.05, 3.63) is 82.9 Å². The van der Waals surface area contributed by atoms with Crippen LogP contribution in [0.5, 0.6) is 0 Å². The molecule has 0 bridgehead atoms. The van der Waals surface area contributed by atoms with E-state index in [0.29, 0.717) is 25.0 Å². The molecule has 0 saturated carbocycles. The first-order chi connectivity index (χ1) is 13.7. The van der Waals surface area contributed by atoms with Crippen molar-refractivity contribution in [2.75, 3.05) is 13.2 Å². The van der Waals surface area contributed by atoms with E-state index in [4.69, 9.17) is 19.5 Å². The second kappa shape index (κ2) is 8.42. The Balaban J connectivity index is 1.48. The van der Waals surface area contributed by atoms with Crippen molar-refractivity contribution >= 4 is 11.8 Å². The second-order valence-corrected chi connectivity index (χ2v) is 7.55. The lowest BCUT2D eigenvalue weighted by molar-refractivity contribution is 0.307. The van der Waals surface area contributed by atoms with Gasteiger partial charge >= 0.3 is 0 Å². The molecule has 0 unspecified atom stereocenters. The van der Waals surface area contributed by atoms with Gasteiger partial charge in [0.25, 0.3) is 0 Å². The van der Waals surface area contributed by atoms with E-state index < -0.39 is 0 Å². The van der Waals surface area contributed by atoms with Crippen LogP contribution in [0.15, 0.2) is 81.8 Å². The normalized spacial score (nSPS) is 20.8. The fourth-order valence-electron chi connectivity index (χ4n) is 3.61. The SMILES string of the molecule is CC(C)=C(C1=N[C@@H](Cc2ccccc2)CO1)C1=N[C@@H](Cc2ccccc2)CO1. The highest BCUT2D eigenvalue weighted by atomic mass is 16.5. The van der Waals surface area contributed by atoms with Crippen LogP contribution in [0.1, 0.15) is 25.0 Å². The highest BCUT2D eigenvalue weighted by molar-refractivity contribution is 6.19. The van der Waals surface area contributed by atoms with E-state index in [0.717, 1.165) is 24.0 Å². The number of rotatable bonds is 6. The predicted octanol–water partition coefficient (Wildman–Crippen LogP) is 4.40. The Morgan fingerprint density at radius 3 is 1.57 bits per heavy atom. The molecule has 4 heteroatoms. The van der Waals surface area contributed by atoms with E-state index in [9.17, 15) is 0 Å². The first kappa shape index (κ1) is 18.5. The van der Waals surface area contributed by atoms with Gasteiger partial charge in [-0.15, -0.1) is 0 Å². The minimum Gasteiger partial charge on any atom is -0.475 e. The Morgan fingerprint density at radius 1 is 0.750 bits per heavy atom. The van der Waals surface area contributed by atoms with Crippen molar-refractivity contribution in [2.24, 2.45) is 9.98 Å². The van der Waals surface area contributed by atoms with Gasteiger partial charge in [-0.25, -0.2) is 9.98 Å². The van der Waals surface area contributed by atoms with Gasteiger partial charge in [0.15, 0.2) is 0 Å². The van der Waals surface area contributed by atoms with Gasteiger partial charge in [0.05, 0.1) is 17.7 Å². The molecule has 4 rings (SSSR count). The van der Waals surface area contributed by atoms with Crippen LogP contribution >= 0.6 is 0 Å². The third-order valence-electron chi connectivity index (χ3n) is 4.98. The Bertz CT molecular complexity index is 827. The molecule has 0 radical (unpaired) electrons. The molecule has 0 aliphatic carbocycles. The molecule has 2 aromatic rings. The molecule has 2 aliphatic heterocycles. The average Bonchev–Trinajstić information content (AvgIpc) is 3.34. The van der Waals surface area contributed by atoms with Crippen LogP contribution in [0.2, 0.25) is 0 Å². The molecule has 0 aromatic heterocycles. The van der Waals surface area contributed by atoms with Gasteiger partial charge in [-0.05, 0) is 37.8 Å². The topological polar surface area (TPSA) is 43.2 Å². The molecule has 0 amide bonds. The second-order valence-electron chi connectivity index (χ2n) is 7.55. The van der Waals surface area contributed by atoms with Crippen LogP contribution in [-0.4, -0.2) is 37.1 Å². The number of allylic oxidation sites excluding steroid dienone is 1. The average molecular weight is 374 g/mol. The number of nitrogens with zero attached hydrogens (tertiary/aromatic N) is 2. The highest BCUT2D eigenvalue weighted by Gasteiger charge is 2.30. The number of benzene rings is 2. The Hall–Kier alpha value is -2.88. The van der Waals surface area contributed by atoms with E-state index in [1.54, 1.807) is 0 Å². The predicted molar refractivity (Wildman–Crippen MR) is 113 cm³/mol. The maximum absolute atomic E-state index is 5.96. The fourth-order valence-corrected chi connectivity index (χ4v) is 3.61. The van der Waals surface area contributed by atoms with Crippen molar-refractivity contribution in [2.45, 2.75) is 38.8 Å². The third kappa shape index (κ3) is 4.33. The van der Waals surface area contributed by atoms with Gasteiger partial charge in [0.2, 0.25) is 11.8 Å². The van der Waals surface area contributed by atoms with Gasteiger partial charge in [0, 0.05) is 0 Å². The number of aliphatic imine (C=N–C) groups is 2. The summed E-state index contributed by atoms with van der Waals surface area (Å²) in [6, 6.07) is 21.1. The van der Waals surface area contributed by atoms with Crippen LogP contribution in [0, 0.1) is 0 Å². The fraction of sp³-hybridized carbons (Fsp3) is 0.333. The van der Waals surface area contributed by atoms with Gasteiger partial charge in [-0.1, -0.05) is 66.2 Å². The van der Waals surface area contributed by atoms with Crippen molar-refractivity contribution in [3.63, 3.8) is 0 Å². The van der Waals surface area contributed by atoms with Crippen LogP contribution in [-0.2, 0) is 22.3 Å². The molecule has 0 saturated heterocycles. The number of ether oxygens (including phenoxy) is 2. The minimum absolute atomic E-state index is 0.133. The van der Waals surface area contributed by atoms with Gasteiger partial charge < -0.3 is 9.47 Å². The number of hydrogen-bond donors (Lipinski definition) is 0. The Morgan fingerprint density at radius 2 is 1.18 bits per heavy atom. The maximum Gasteiger partial charge on any atom is 0.222 e. The van der Waals surface area contributed by atoms with E-state index in [1.807, 2.05) is 12.1 Å². The van der Waals surface area contributed by atoms with E-state index in [2.05, 4.69) is 62.4 Å². The molecule has 2 aliphatic rings. The lowest BCUT2D eigenvalue weighted by atomic mass is 10.1. The minimum atomic E-state index is 0.133. The van der Waals surface area contributed by atoms with Gasteiger partial charge in [-0.2, -0.15) is 0 Å². The Labute approximate surface area is 166 Å². The summed E-state index contributed by atoms with van der Waals surface area (Å²) in [5.74, 6) is 1.33. The summed E-state index contributed by atoms with van der Waals surface area (Å²) in [6.07, 6.45) is 1.76. The zero-order chi connectivity index (χ0) is 19.3. The van der Waals surface area contributed by atoms with Crippen LogP contribution in [0.4, 0.5) is 0 Å². The third-order valence-corrected chi connectivity index (χ3v) is 4.98. The molecule has 0 N–H and O–H groups in total. The largest absolute Gasteiger partial charge is 0.475 e. The molecule has 2 aromatic carbocycles. The summed E-state index contributed by atoms with van der Waals surface area (Å²) in [7, 11) is 0. The van der Waals surface area contributed by atoms with Crippen LogP contribution in [0.25, 0.3) is 0 Å². The lowest BCUT2D eigenvalue weighted by Gasteiger charge is -2.09. The summed E-state index contributed by atoms with van der Waals surface area (Å²) >= 11 is 0. The summed E-state index contributed by atoms with van der Waals surface area (Å²) in [4.78, 5) is 9.67. The zero-order valence-electron chi connectivity index (χ0n) is 16.5. The molecule has 28 heavy (non-hydrogen) atoms. The zero-order valence-corrected chi connectivity index (χ0v) is 16.5. The Kier molecular flexibility index (Phi) is 5.56. The van der Waals surface area contributed by atoms with Gasteiger partial charge in [0.1, 0.15) is 13.2 Å². The summed E-state index contributed by atoms with van der Waals surface area (Å²) < 4.78 is 11.9.